The van der Waals surface area contributed by atoms with E-state index in [0.29, 0.717) is 46.6 Å². The summed E-state index contributed by atoms with van der Waals surface area (Å²) in [5.74, 6) is 1.97. The van der Waals surface area contributed by atoms with Gasteiger partial charge < -0.3 is 19.3 Å². The van der Waals surface area contributed by atoms with Crippen molar-refractivity contribution in [1.29, 1.82) is 0 Å². The van der Waals surface area contributed by atoms with Gasteiger partial charge in [-0.3, -0.25) is 4.79 Å². The number of benzene rings is 2. The lowest BCUT2D eigenvalue weighted by atomic mass is 10.1. The SMILES string of the molecule is CCOc1cccc2c1OCC(C(=O)Nc1ccccc1-c1noc(C)n1)=C2. The highest BCUT2D eigenvalue weighted by Crippen LogP contribution is 2.36. The molecule has 0 unspecified atom stereocenters. The van der Waals surface area contributed by atoms with Gasteiger partial charge in [0.05, 0.1) is 17.9 Å². The van der Waals surface area contributed by atoms with E-state index in [-0.39, 0.29) is 12.5 Å². The van der Waals surface area contributed by atoms with E-state index in [9.17, 15) is 4.79 Å². The number of anilines is 1. The number of nitrogens with zero attached hydrogens (tertiary/aromatic N) is 2. The van der Waals surface area contributed by atoms with Crippen molar-refractivity contribution in [3.63, 3.8) is 0 Å². The van der Waals surface area contributed by atoms with E-state index in [1.54, 1.807) is 13.0 Å². The number of hydrogen-bond donors (Lipinski definition) is 1. The van der Waals surface area contributed by atoms with Crippen molar-refractivity contribution in [1.82, 2.24) is 10.1 Å². The summed E-state index contributed by atoms with van der Waals surface area (Å²) in [5, 5.41) is 6.85. The van der Waals surface area contributed by atoms with Gasteiger partial charge in [0.15, 0.2) is 11.5 Å². The number of aryl methyl sites for hydroxylation is 1. The largest absolute Gasteiger partial charge is 0.490 e. The summed E-state index contributed by atoms with van der Waals surface area (Å²) < 4.78 is 16.4. The van der Waals surface area contributed by atoms with Crippen LogP contribution >= 0.6 is 0 Å². The fourth-order valence-corrected chi connectivity index (χ4v) is 2.98. The highest BCUT2D eigenvalue weighted by atomic mass is 16.5. The first-order valence-electron chi connectivity index (χ1n) is 8.96. The fraction of sp³-hybridized carbons (Fsp3) is 0.190. The third-order valence-electron chi connectivity index (χ3n) is 4.25. The Bertz CT molecular complexity index is 1060. The number of para-hydroxylation sites is 2. The van der Waals surface area contributed by atoms with Crippen molar-refractivity contribution >= 4 is 17.7 Å². The average Bonchev–Trinajstić information content (AvgIpc) is 3.14. The van der Waals surface area contributed by atoms with Crippen LogP contribution in [0.3, 0.4) is 0 Å². The number of nitrogens with one attached hydrogen (secondary N) is 1. The Morgan fingerprint density at radius 1 is 1.21 bits per heavy atom. The van der Waals surface area contributed by atoms with Crippen molar-refractivity contribution in [2.45, 2.75) is 13.8 Å². The van der Waals surface area contributed by atoms with Gasteiger partial charge in [-0.25, -0.2) is 0 Å². The molecule has 0 fully saturated rings. The Kier molecular flexibility index (Phi) is 4.80. The van der Waals surface area contributed by atoms with Crippen LogP contribution in [0.1, 0.15) is 18.4 Å². The minimum Gasteiger partial charge on any atom is -0.490 e. The minimum atomic E-state index is -0.250. The zero-order chi connectivity index (χ0) is 19.5. The van der Waals surface area contributed by atoms with Gasteiger partial charge >= 0.3 is 0 Å². The summed E-state index contributed by atoms with van der Waals surface area (Å²) in [4.78, 5) is 17.1. The maximum atomic E-state index is 12.8. The molecule has 4 rings (SSSR count). The first kappa shape index (κ1) is 17.8. The van der Waals surface area contributed by atoms with Crippen LogP contribution in [-0.2, 0) is 4.79 Å². The molecule has 1 N–H and O–H groups in total. The van der Waals surface area contributed by atoms with Gasteiger partial charge in [0.1, 0.15) is 6.61 Å². The maximum Gasteiger partial charge on any atom is 0.255 e. The van der Waals surface area contributed by atoms with Gasteiger partial charge in [0.25, 0.3) is 5.91 Å². The number of fused-ring (bicyclic) bond motifs is 1. The number of hydrogen-bond acceptors (Lipinski definition) is 6. The second-order valence-electron chi connectivity index (χ2n) is 6.20. The number of aromatic nitrogens is 2. The molecule has 1 aliphatic rings. The highest BCUT2D eigenvalue weighted by Gasteiger charge is 2.21. The van der Waals surface area contributed by atoms with Crippen LogP contribution in [0.4, 0.5) is 5.69 Å². The molecule has 0 bridgehead atoms. The number of carbonyl (C=O) groups is 1. The summed E-state index contributed by atoms with van der Waals surface area (Å²) in [5.41, 5.74) is 2.61. The van der Waals surface area contributed by atoms with Crippen LogP contribution < -0.4 is 14.8 Å². The van der Waals surface area contributed by atoms with E-state index in [1.165, 1.54) is 0 Å². The topological polar surface area (TPSA) is 86.5 Å². The van der Waals surface area contributed by atoms with E-state index in [2.05, 4.69) is 15.5 Å². The smallest absolute Gasteiger partial charge is 0.255 e. The third-order valence-corrected chi connectivity index (χ3v) is 4.25. The molecule has 0 spiro atoms. The Hall–Kier alpha value is -3.61. The number of ether oxygens (including phenoxy) is 2. The van der Waals surface area contributed by atoms with Crippen molar-refractivity contribution in [3.8, 4) is 22.9 Å². The molecule has 1 aromatic heterocycles. The molecule has 1 aliphatic heterocycles. The predicted octanol–water partition coefficient (Wildman–Crippen LogP) is 3.86. The molecule has 0 saturated carbocycles. The third kappa shape index (κ3) is 3.46. The number of rotatable bonds is 5. The summed E-state index contributed by atoms with van der Waals surface area (Å²) >= 11 is 0. The average molecular weight is 377 g/mol. The number of carbonyl (C=O) groups excluding carboxylic acids is 1. The molecule has 0 aliphatic carbocycles. The van der Waals surface area contributed by atoms with E-state index in [1.807, 2.05) is 49.4 Å². The molecule has 28 heavy (non-hydrogen) atoms. The summed E-state index contributed by atoms with van der Waals surface area (Å²) in [6, 6.07) is 12.9. The second kappa shape index (κ2) is 7.56. The molecular formula is C21H19N3O4. The lowest BCUT2D eigenvalue weighted by Gasteiger charge is -2.20. The van der Waals surface area contributed by atoms with E-state index in [4.69, 9.17) is 14.0 Å². The van der Waals surface area contributed by atoms with Crippen LogP contribution in [0.2, 0.25) is 0 Å². The van der Waals surface area contributed by atoms with Gasteiger partial charge in [0.2, 0.25) is 11.7 Å². The molecule has 7 heteroatoms. The predicted molar refractivity (Wildman–Crippen MR) is 104 cm³/mol. The van der Waals surface area contributed by atoms with Gasteiger partial charge in [0, 0.05) is 18.1 Å². The maximum absolute atomic E-state index is 12.8. The van der Waals surface area contributed by atoms with Crippen LogP contribution in [-0.4, -0.2) is 29.3 Å². The lowest BCUT2D eigenvalue weighted by Crippen LogP contribution is -2.21. The zero-order valence-corrected chi connectivity index (χ0v) is 15.6. The molecule has 142 valence electrons. The van der Waals surface area contributed by atoms with E-state index < -0.39 is 0 Å². The van der Waals surface area contributed by atoms with Gasteiger partial charge in [-0.05, 0) is 31.2 Å². The van der Waals surface area contributed by atoms with Crippen LogP contribution in [0, 0.1) is 6.92 Å². The van der Waals surface area contributed by atoms with E-state index >= 15 is 0 Å². The molecule has 0 atom stereocenters. The van der Waals surface area contributed by atoms with Crippen LogP contribution in [0.15, 0.2) is 52.6 Å². The first-order chi connectivity index (χ1) is 13.7. The van der Waals surface area contributed by atoms with Gasteiger partial charge in [-0.15, -0.1) is 0 Å². The molecule has 1 amide bonds. The Labute approximate surface area is 162 Å². The highest BCUT2D eigenvalue weighted by molar-refractivity contribution is 6.09. The second-order valence-corrected chi connectivity index (χ2v) is 6.20. The normalized spacial score (nSPS) is 12.6. The monoisotopic (exact) mass is 377 g/mol. The van der Waals surface area contributed by atoms with E-state index in [0.717, 1.165) is 5.56 Å². The van der Waals surface area contributed by atoms with Crippen LogP contribution in [0.5, 0.6) is 11.5 Å². The Morgan fingerprint density at radius 3 is 2.86 bits per heavy atom. The molecule has 0 saturated heterocycles. The lowest BCUT2D eigenvalue weighted by molar-refractivity contribution is -0.113. The molecule has 2 heterocycles. The van der Waals surface area contributed by atoms with Gasteiger partial charge in [-0.2, -0.15) is 4.98 Å². The molecule has 0 radical (unpaired) electrons. The minimum absolute atomic E-state index is 0.159. The molecule has 7 nitrogen and oxygen atoms in total. The zero-order valence-electron chi connectivity index (χ0n) is 15.6. The van der Waals surface area contributed by atoms with Crippen molar-refractivity contribution in [3.05, 3.63) is 59.5 Å². The Balaban J connectivity index is 1.60. The Morgan fingerprint density at radius 2 is 2.07 bits per heavy atom. The van der Waals surface area contributed by atoms with Crippen molar-refractivity contribution in [2.24, 2.45) is 0 Å². The summed E-state index contributed by atoms with van der Waals surface area (Å²) in [6.07, 6.45) is 1.82. The quantitative estimate of drug-likeness (QED) is 0.727. The van der Waals surface area contributed by atoms with Gasteiger partial charge in [-0.1, -0.05) is 29.4 Å². The first-order valence-corrected chi connectivity index (χ1v) is 8.96. The molecular weight excluding hydrogens is 358 g/mol. The molecule has 3 aromatic rings. The van der Waals surface area contributed by atoms with Crippen LogP contribution in [0.25, 0.3) is 17.5 Å². The summed E-state index contributed by atoms with van der Waals surface area (Å²) in [7, 11) is 0. The van der Waals surface area contributed by atoms with Crippen molar-refractivity contribution in [2.75, 3.05) is 18.5 Å². The standard InChI is InChI=1S/C21H19N3O4/c1-3-26-18-10-6-7-14-11-15(12-27-19(14)18)21(25)23-17-9-5-4-8-16(17)20-22-13(2)28-24-20/h4-11H,3,12H2,1-2H3,(H,23,25). The fourth-order valence-electron chi connectivity index (χ4n) is 2.98. The van der Waals surface area contributed by atoms with Crippen molar-refractivity contribution < 1.29 is 18.8 Å². The molecule has 2 aromatic carbocycles. The number of amides is 1. The summed E-state index contributed by atoms with van der Waals surface area (Å²) in [6.45, 7) is 4.34.